The van der Waals surface area contributed by atoms with E-state index in [-0.39, 0.29) is 12.5 Å². The molecule has 1 fully saturated rings. The largest absolute Gasteiger partial charge is 0.464 e. The van der Waals surface area contributed by atoms with Crippen LogP contribution in [-0.2, 0) is 11.8 Å². The van der Waals surface area contributed by atoms with Gasteiger partial charge in [-0.25, -0.2) is 4.79 Å². The number of hydrogen-bond acceptors (Lipinski definition) is 5. The van der Waals surface area contributed by atoms with Crippen LogP contribution in [-0.4, -0.2) is 46.0 Å². The van der Waals surface area contributed by atoms with Crippen molar-refractivity contribution in [2.45, 2.75) is 37.7 Å². The Kier molecular flexibility index (Phi) is 5.60. The van der Waals surface area contributed by atoms with Crippen molar-refractivity contribution in [1.29, 1.82) is 0 Å². The van der Waals surface area contributed by atoms with Crippen LogP contribution in [0.5, 0.6) is 0 Å². The molecule has 0 atom stereocenters. The van der Waals surface area contributed by atoms with Crippen LogP contribution in [0.1, 0.15) is 53.0 Å². The highest BCUT2D eigenvalue weighted by atomic mass is 16.5. The fraction of sp³-hybridized carbons (Fsp3) is 0.450. The molecule has 1 aromatic heterocycles. The van der Waals surface area contributed by atoms with Crippen molar-refractivity contribution in [3.05, 3.63) is 41.7 Å². The topological polar surface area (TPSA) is 93.5 Å². The minimum atomic E-state index is -0.813. The van der Waals surface area contributed by atoms with E-state index in [9.17, 15) is 14.7 Å². The third kappa shape index (κ3) is 4.19. The lowest BCUT2D eigenvalue weighted by molar-refractivity contribution is 0.00525. The van der Waals surface area contributed by atoms with Gasteiger partial charge in [-0.1, -0.05) is 31.4 Å². The second kappa shape index (κ2) is 7.92. The zero-order chi connectivity index (χ0) is 19.4. The van der Waals surface area contributed by atoms with Crippen molar-refractivity contribution in [2.24, 2.45) is 7.05 Å². The number of aliphatic hydroxyl groups is 1. The maximum atomic E-state index is 12.6. The quantitative estimate of drug-likeness (QED) is 0.787. The molecule has 1 aliphatic carbocycles. The maximum absolute atomic E-state index is 12.6. The summed E-state index contributed by atoms with van der Waals surface area (Å²) < 4.78 is 6.28. The van der Waals surface area contributed by atoms with Gasteiger partial charge in [0.2, 0.25) is 0 Å². The van der Waals surface area contributed by atoms with E-state index in [4.69, 9.17) is 4.74 Å². The highest BCUT2D eigenvalue weighted by Gasteiger charge is 2.29. The van der Waals surface area contributed by atoms with E-state index in [0.717, 1.165) is 19.3 Å². The molecule has 2 N–H and O–H groups in total. The van der Waals surface area contributed by atoms with Gasteiger partial charge in [0.1, 0.15) is 0 Å². The first kappa shape index (κ1) is 19.1. The normalized spacial score (nSPS) is 16.0. The number of aryl methyl sites for hydroxylation is 1. The molecule has 7 nitrogen and oxygen atoms in total. The first-order chi connectivity index (χ1) is 12.9. The van der Waals surface area contributed by atoms with E-state index in [1.807, 2.05) is 6.07 Å². The van der Waals surface area contributed by atoms with Crippen LogP contribution in [0, 0.1) is 0 Å². The maximum Gasteiger partial charge on any atom is 0.356 e. The minimum Gasteiger partial charge on any atom is -0.464 e. The van der Waals surface area contributed by atoms with Crippen molar-refractivity contribution in [1.82, 2.24) is 15.1 Å². The Morgan fingerprint density at radius 2 is 2.04 bits per heavy atom. The molecule has 2 aromatic rings. The average Bonchev–Trinajstić information content (AvgIpc) is 3.08. The summed E-state index contributed by atoms with van der Waals surface area (Å²) in [5.74, 6) is -0.737. The molecule has 7 heteroatoms. The molecule has 1 saturated carbocycles. The van der Waals surface area contributed by atoms with Gasteiger partial charge in [-0.2, -0.15) is 5.10 Å². The Bertz CT molecular complexity index is 838. The summed E-state index contributed by atoms with van der Waals surface area (Å²) in [6, 6.07) is 6.99. The predicted octanol–water partition coefficient (Wildman–Crippen LogP) is 2.30. The molecule has 0 radical (unpaired) electrons. The van der Waals surface area contributed by atoms with E-state index >= 15 is 0 Å². The SMILES string of the molecule is COC(=O)c1c(-c2cccc(C(=O)NCC3(O)CCCCC3)c2)cnn1C. The number of carbonyl (C=O) groups excluding carboxylic acids is 2. The monoisotopic (exact) mass is 371 g/mol. The fourth-order valence-corrected chi connectivity index (χ4v) is 3.55. The molecule has 144 valence electrons. The van der Waals surface area contributed by atoms with Crippen LogP contribution in [0.2, 0.25) is 0 Å². The van der Waals surface area contributed by atoms with Crippen LogP contribution in [0.25, 0.3) is 11.1 Å². The number of nitrogens with one attached hydrogen (secondary N) is 1. The second-order valence-electron chi connectivity index (χ2n) is 7.07. The lowest BCUT2D eigenvalue weighted by atomic mass is 9.85. The van der Waals surface area contributed by atoms with Crippen LogP contribution in [0.3, 0.4) is 0 Å². The standard InChI is InChI=1S/C20H25N3O4/c1-23-17(19(25)27-2)16(12-22-23)14-7-6-8-15(11-14)18(24)21-13-20(26)9-4-3-5-10-20/h6-8,11-12,26H,3-5,9-10,13H2,1-2H3,(H,21,24). The Balaban J connectivity index is 1.78. The molecule has 1 aliphatic rings. The van der Waals surface area contributed by atoms with Crippen molar-refractivity contribution in [2.75, 3.05) is 13.7 Å². The molecule has 0 unspecified atom stereocenters. The van der Waals surface area contributed by atoms with E-state index in [1.165, 1.54) is 11.8 Å². The summed E-state index contributed by atoms with van der Waals surface area (Å²) in [6.45, 7) is 0.246. The molecular formula is C20H25N3O4. The Labute approximate surface area is 158 Å². The highest BCUT2D eigenvalue weighted by Crippen LogP contribution is 2.28. The van der Waals surface area contributed by atoms with Crippen molar-refractivity contribution in [3.8, 4) is 11.1 Å². The lowest BCUT2D eigenvalue weighted by Gasteiger charge is -2.32. The minimum absolute atomic E-state index is 0.246. The molecule has 1 amide bonds. The van der Waals surface area contributed by atoms with Crippen LogP contribution in [0.15, 0.2) is 30.5 Å². The first-order valence-corrected chi connectivity index (χ1v) is 9.15. The van der Waals surface area contributed by atoms with Crippen LogP contribution < -0.4 is 5.32 Å². The summed E-state index contributed by atoms with van der Waals surface area (Å²) in [5, 5.41) is 17.5. The zero-order valence-electron chi connectivity index (χ0n) is 15.7. The molecule has 1 heterocycles. The average molecular weight is 371 g/mol. The zero-order valence-corrected chi connectivity index (χ0v) is 15.7. The summed E-state index contributed by atoms with van der Waals surface area (Å²) in [6.07, 6.45) is 6.11. The Hall–Kier alpha value is -2.67. The van der Waals surface area contributed by atoms with Gasteiger partial charge >= 0.3 is 5.97 Å². The number of ether oxygens (including phenoxy) is 1. The Morgan fingerprint density at radius 3 is 2.74 bits per heavy atom. The van der Waals surface area contributed by atoms with E-state index in [0.29, 0.717) is 35.2 Å². The number of carbonyl (C=O) groups is 2. The van der Waals surface area contributed by atoms with Crippen molar-refractivity contribution in [3.63, 3.8) is 0 Å². The molecule has 1 aromatic carbocycles. The first-order valence-electron chi connectivity index (χ1n) is 9.15. The molecule has 3 rings (SSSR count). The number of nitrogens with zero attached hydrogens (tertiary/aromatic N) is 2. The summed E-state index contributed by atoms with van der Waals surface area (Å²) in [5.41, 5.74) is 1.28. The van der Waals surface area contributed by atoms with Gasteiger partial charge in [0.05, 0.1) is 18.9 Å². The number of amides is 1. The van der Waals surface area contributed by atoms with Gasteiger partial charge in [-0.05, 0) is 30.5 Å². The molecule has 0 aliphatic heterocycles. The molecule has 0 spiro atoms. The highest BCUT2D eigenvalue weighted by molar-refractivity contribution is 5.98. The molecule has 27 heavy (non-hydrogen) atoms. The Morgan fingerprint density at radius 1 is 1.30 bits per heavy atom. The van der Waals surface area contributed by atoms with Gasteiger partial charge in [0.25, 0.3) is 5.91 Å². The fourth-order valence-electron chi connectivity index (χ4n) is 3.55. The third-order valence-electron chi connectivity index (χ3n) is 5.12. The number of hydrogen-bond donors (Lipinski definition) is 2. The van der Waals surface area contributed by atoms with Crippen LogP contribution >= 0.6 is 0 Å². The van der Waals surface area contributed by atoms with E-state index < -0.39 is 11.6 Å². The van der Waals surface area contributed by atoms with Gasteiger partial charge in [0.15, 0.2) is 5.69 Å². The summed E-state index contributed by atoms with van der Waals surface area (Å²) in [7, 11) is 2.98. The number of benzene rings is 1. The smallest absolute Gasteiger partial charge is 0.356 e. The molecule has 0 saturated heterocycles. The van der Waals surface area contributed by atoms with E-state index in [2.05, 4.69) is 10.4 Å². The number of methoxy groups -OCH3 is 1. The summed E-state index contributed by atoms with van der Waals surface area (Å²) >= 11 is 0. The summed E-state index contributed by atoms with van der Waals surface area (Å²) in [4.78, 5) is 24.6. The van der Waals surface area contributed by atoms with Crippen LogP contribution in [0.4, 0.5) is 0 Å². The molecule has 0 bridgehead atoms. The number of aromatic nitrogens is 2. The number of rotatable bonds is 5. The lowest BCUT2D eigenvalue weighted by Crippen LogP contribution is -2.44. The van der Waals surface area contributed by atoms with Gasteiger partial charge in [0, 0.05) is 24.7 Å². The van der Waals surface area contributed by atoms with Gasteiger partial charge in [-0.3, -0.25) is 9.48 Å². The second-order valence-corrected chi connectivity index (χ2v) is 7.07. The van der Waals surface area contributed by atoms with Gasteiger partial charge in [-0.15, -0.1) is 0 Å². The van der Waals surface area contributed by atoms with Gasteiger partial charge < -0.3 is 15.2 Å². The van der Waals surface area contributed by atoms with E-state index in [1.54, 1.807) is 31.4 Å². The third-order valence-corrected chi connectivity index (χ3v) is 5.12. The molecular weight excluding hydrogens is 346 g/mol. The predicted molar refractivity (Wildman–Crippen MR) is 100 cm³/mol. The van der Waals surface area contributed by atoms with Crippen molar-refractivity contribution >= 4 is 11.9 Å². The van der Waals surface area contributed by atoms with Crippen molar-refractivity contribution < 1.29 is 19.4 Å². The number of esters is 1.